The largest absolute Gasteiger partial charge is 0.416 e. The van der Waals surface area contributed by atoms with Crippen LogP contribution in [0.4, 0.5) is 17.6 Å². The summed E-state index contributed by atoms with van der Waals surface area (Å²) in [6, 6.07) is 1.63. The molecule has 0 heterocycles. The first kappa shape index (κ1) is 16.1. The van der Waals surface area contributed by atoms with Gasteiger partial charge in [0, 0.05) is 0 Å². The zero-order chi connectivity index (χ0) is 14.7. The van der Waals surface area contributed by atoms with Crippen LogP contribution in [0, 0.1) is 5.82 Å². The van der Waals surface area contributed by atoms with Crippen molar-refractivity contribution >= 4 is 12.9 Å². The fourth-order valence-electron chi connectivity index (χ4n) is 1.42. The molecule has 0 atom stereocenters. The molecule has 0 unspecified atom stereocenters. The first-order valence-corrected chi connectivity index (χ1v) is 7.04. The molecule has 0 aliphatic carbocycles. The van der Waals surface area contributed by atoms with Gasteiger partial charge in [-0.3, -0.25) is 4.57 Å². The molecule has 19 heavy (non-hydrogen) atoms. The lowest BCUT2D eigenvalue weighted by atomic mass is 10.2. The van der Waals surface area contributed by atoms with E-state index in [4.69, 9.17) is 9.05 Å². The molecule has 0 aromatic heterocycles. The summed E-state index contributed by atoms with van der Waals surface area (Å²) >= 11 is 0. The van der Waals surface area contributed by atoms with Gasteiger partial charge >= 0.3 is 13.8 Å². The Hall–Kier alpha value is -0.910. The minimum Gasteiger partial charge on any atom is -0.305 e. The van der Waals surface area contributed by atoms with Crippen molar-refractivity contribution in [2.45, 2.75) is 20.0 Å². The van der Waals surface area contributed by atoms with E-state index in [2.05, 4.69) is 0 Å². The van der Waals surface area contributed by atoms with Crippen LogP contribution in [0.5, 0.6) is 0 Å². The number of hydrogen-bond donors (Lipinski definition) is 0. The minimum absolute atomic E-state index is 0.0326. The first-order valence-electron chi connectivity index (χ1n) is 5.50. The van der Waals surface area contributed by atoms with E-state index in [9.17, 15) is 22.1 Å². The van der Waals surface area contributed by atoms with Crippen LogP contribution in [0.25, 0.3) is 0 Å². The third-order valence-corrected chi connectivity index (χ3v) is 4.21. The van der Waals surface area contributed by atoms with Gasteiger partial charge in [-0.2, -0.15) is 13.2 Å². The second kappa shape index (κ2) is 6.03. The molecule has 0 saturated carbocycles. The third-order valence-electron chi connectivity index (χ3n) is 2.12. The lowest BCUT2D eigenvalue weighted by Crippen LogP contribution is -2.16. The number of halogens is 4. The van der Waals surface area contributed by atoms with Crippen LogP contribution in [0.3, 0.4) is 0 Å². The second-order valence-corrected chi connectivity index (χ2v) is 5.56. The molecular weight excluding hydrogens is 287 g/mol. The fraction of sp³-hybridized carbons (Fsp3) is 0.455. The maximum Gasteiger partial charge on any atom is 0.416 e. The molecule has 1 aromatic carbocycles. The molecule has 0 aliphatic rings. The Morgan fingerprint density at radius 3 is 2.05 bits per heavy atom. The summed E-state index contributed by atoms with van der Waals surface area (Å²) in [5, 5.41) is -0.441. The molecule has 8 heteroatoms. The zero-order valence-electron chi connectivity index (χ0n) is 10.3. The van der Waals surface area contributed by atoms with Crippen molar-refractivity contribution in [1.29, 1.82) is 0 Å². The summed E-state index contributed by atoms with van der Waals surface area (Å²) < 4.78 is 73.0. The summed E-state index contributed by atoms with van der Waals surface area (Å²) in [5.74, 6) is -1.15. The lowest BCUT2D eigenvalue weighted by Gasteiger charge is -2.18. The van der Waals surface area contributed by atoms with Crippen LogP contribution < -0.4 is 5.30 Å². The van der Waals surface area contributed by atoms with E-state index in [0.717, 1.165) is 6.07 Å². The first-order chi connectivity index (χ1) is 8.73. The van der Waals surface area contributed by atoms with Crippen LogP contribution in [0.1, 0.15) is 19.4 Å². The second-order valence-electron chi connectivity index (χ2n) is 3.53. The van der Waals surface area contributed by atoms with Crippen molar-refractivity contribution in [1.82, 2.24) is 0 Å². The minimum atomic E-state index is -4.74. The molecule has 3 nitrogen and oxygen atoms in total. The Kier molecular flexibility index (Phi) is 5.12. The monoisotopic (exact) mass is 300 g/mol. The standard InChI is InChI=1S/C11H13F4O3P/c1-3-17-19(16,18-4-2)10-6-8(11(13,14)15)5-9(12)7-10/h5-7H,3-4H2,1-2H3. The van der Waals surface area contributed by atoms with E-state index in [0.29, 0.717) is 12.1 Å². The van der Waals surface area contributed by atoms with Gasteiger partial charge in [0.1, 0.15) is 5.82 Å². The van der Waals surface area contributed by atoms with Crippen LogP contribution in [0.15, 0.2) is 18.2 Å². The molecule has 1 aromatic rings. The van der Waals surface area contributed by atoms with Gasteiger partial charge in [0.05, 0.1) is 24.1 Å². The maximum absolute atomic E-state index is 13.2. The zero-order valence-corrected chi connectivity index (χ0v) is 11.2. The van der Waals surface area contributed by atoms with E-state index >= 15 is 0 Å². The van der Waals surface area contributed by atoms with E-state index in [1.54, 1.807) is 0 Å². The Bertz CT molecular complexity index is 477. The van der Waals surface area contributed by atoms with Crippen LogP contribution in [-0.2, 0) is 19.8 Å². The number of hydrogen-bond acceptors (Lipinski definition) is 3. The smallest absolute Gasteiger partial charge is 0.305 e. The average Bonchev–Trinajstić information content (AvgIpc) is 2.27. The van der Waals surface area contributed by atoms with Crippen LogP contribution in [-0.4, -0.2) is 13.2 Å². The fourth-order valence-corrected chi connectivity index (χ4v) is 3.05. The molecule has 0 radical (unpaired) electrons. The highest BCUT2D eigenvalue weighted by Gasteiger charge is 2.35. The van der Waals surface area contributed by atoms with Crippen molar-refractivity contribution in [3.8, 4) is 0 Å². The Morgan fingerprint density at radius 2 is 1.63 bits per heavy atom. The summed E-state index contributed by atoms with van der Waals surface area (Å²) in [6.07, 6.45) is -4.74. The molecule has 1 rings (SSSR count). The lowest BCUT2D eigenvalue weighted by molar-refractivity contribution is -0.137. The van der Waals surface area contributed by atoms with E-state index in [1.165, 1.54) is 13.8 Å². The highest BCUT2D eigenvalue weighted by molar-refractivity contribution is 7.62. The predicted molar refractivity (Wildman–Crippen MR) is 61.9 cm³/mol. The third kappa shape index (κ3) is 4.03. The number of rotatable bonds is 5. The Labute approximate surface area is 108 Å². The van der Waals surface area contributed by atoms with E-state index in [1.807, 2.05) is 0 Å². The maximum atomic E-state index is 13.2. The number of alkyl halides is 3. The van der Waals surface area contributed by atoms with Gasteiger partial charge in [0.15, 0.2) is 0 Å². The van der Waals surface area contributed by atoms with Gasteiger partial charge in [-0.1, -0.05) is 0 Å². The van der Waals surface area contributed by atoms with Crippen LogP contribution in [0.2, 0.25) is 0 Å². The normalized spacial score (nSPS) is 12.7. The van der Waals surface area contributed by atoms with Gasteiger partial charge in [-0.25, -0.2) is 4.39 Å². The summed E-state index contributed by atoms with van der Waals surface area (Å²) in [7, 11) is -3.94. The topological polar surface area (TPSA) is 35.5 Å². The van der Waals surface area contributed by atoms with E-state index in [-0.39, 0.29) is 13.2 Å². The van der Waals surface area contributed by atoms with Crippen molar-refractivity contribution in [3.05, 3.63) is 29.6 Å². The van der Waals surface area contributed by atoms with Gasteiger partial charge in [0.2, 0.25) is 0 Å². The van der Waals surface area contributed by atoms with Gasteiger partial charge in [-0.05, 0) is 32.0 Å². The summed E-state index contributed by atoms with van der Waals surface area (Å²) in [5.41, 5.74) is -1.23. The Balaban J connectivity index is 3.32. The summed E-state index contributed by atoms with van der Waals surface area (Å²) in [4.78, 5) is 0. The average molecular weight is 300 g/mol. The highest BCUT2D eigenvalue weighted by Crippen LogP contribution is 2.47. The van der Waals surface area contributed by atoms with Crippen molar-refractivity contribution in [2.75, 3.05) is 13.2 Å². The molecule has 108 valence electrons. The molecule has 0 N–H and O–H groups in total. The molecule has 0 spiro atoms. The SMILES string of the molecule is CCOP(=O)(OCC)c1cc(F)cc(C(F)(F)F)c1. The van der Waals surface area contributed by atoms with Crippen molar-refractivity contribution in [2.24, 2.45) is 0 Å². The molecular formula is C11H13F4O3P. The van der Waals surface area contributed by atoms with E-state index < -0.39 is 30.5 Å². The van der Waals surface area contributed by atoms with Gasteiger partial charge in [-0.15, -0.1) is 0 Å². The highest BCUT2D eigenvalue weighted by atomic mass is 31.2. The molecule has 0 fully saturated rings. The van der Waals surface area contributed by atoms with Crippen molar-refractivity contribution < 1.29 is 31.2 Å². The summed E-state index contributed by atoms with van der Waals surface area (Å²) in [6.45, 7) is 2.95. The predicted octanol–water partition coefficient (Wildman–Crippen LogP) is 3.74. The van der Waals surface area contributed by atoms with Gasteiger partial charge in [0.25, 0.3) is 0 Å². The molecule has 0 bridgehead atoms. The number of benzene rings is 1. The molecule has 0 aliphatic heterocycles. The van der Waals surface area contributed by atoms with Crippen LogP contribution >= 0.6 is 7.60 Å². The Morgan fingerprint density at radius 1 is 1.11 bits per heavy atom. The molecule has 0 amide bonds. The van der Waals surface area contributed by atoms with Crippen molar-refractivity contribution in [3.63, 3.8) is 0 Å². The molecule has 0 saturated heterocycles. The van der Waals surface area contributed by atoms with Gasteiger partial charge < -0.3 is 9.05 Å². The quantitative estimate of drug-likeness (QED) is 0.614.